The standard InChI is InChI=1S/C12H18N2O4/c1-14(7-8-4-2-3-5-8)11(15)10-6-9(12(16)17)13-18-10/h8,10H,2-7H2,1H3,(H,16,17). The third-order valence-corrected chi connectivity index (χ3v) is 3.57. The van der Waals surface area contributed by atoms with Gasteiger partial charge in [-0.15, -0.1) is 0 Å². The topological polar surface area (TPSA) is 79.2 Å². The number of hydrogen-bond acceptors (Lipinski definition) is 4. The van der Waals surface area contributed by atoms with Gasteiger partial charge in [0.25, 0.3) is 5.91 Å². The van der Waals surface area contributed by atoms with E-state index in [1.54, 1.807) is 11.9 Å². The van der Waals surface area contributed by atoms with Crippen LogP contribution < -0.4 is 0 Å². The molecule has 0 bridgehead atoms. The molecule has 2 aliphatic rings. The molecule has 18 heavy (non-hydrogen) atoms. The molecule has 0 radical (unpaired) electrons. The van der Waals surface area contributed by atoms with Crippen LogP contribution in [0.5, 0.6) is 0 Å². The predicted octanol–water partition coefficient (Wildman–Crippen LogP) is 0.865. The second-order valence-corrected chi connectivity index (χ2v) is 5.01. The molecule has 6 nitrogen and oxygen atoms in total. The lowest BCUT2D eigenvalue weighted by Crippen LogP contribution is -2.39. The van der Waals surface area contributed by atoms with Crippen molar-refractivity contribution in [1.29, 1.82) is 0 Å². The molecule has 0 aromatic heterocycles. The first-order valence-electron chi connectivity index (χ1n) is 6.29. The van der Waals surface area contributed by atoms with Gasteiger partial charge >= 0.3 is 5.97 Å². The number of carboxylic acids is 1. The maximum Gasteiger partial charge on any atom is 0.353 e. The molecule has 0 saturated heterocycles. The number of likely N-dealkylation sites (N-methyl/N-ethyl adjacent to an activating group) is 1. The average Bonchev–Trinajstić information content (AvgIpc) is 2.98. The van der Waals surface area contributed by atoms with Gasteiger partial charge in [-0.1, -0.05) is 18.0 Å². The van der Waals surface area contributed by atoms with Crippen LogP contribution in [0, 0.1) is 5.92 Å². The van der Waals surface area contributed by atoms with Crippen LogP contribution in [0.25, 0.3) is 0 Å². The molecular weight excluding hydrogens is 236 g/mol. The summed E-state index contributed by atoms with van der Waals surface area (Å²) in [5.41, 5.74) is -0.0809. The van der Waals surface area contributed by atoms with Crippen LogP contribution in [0.3, 0.4) is 0 Å². The van der Waals surface area contributed by atoms with Crippen LogP contribution in [0.2, 0.25) is 0 Å². The summed E-state index contributed by atoms with van der Waals surface area (Å²) in [5, 5.41) is 12.2. The van der Waals surface area contributed by atoms with Crippen molar-refractivity contribution < 1.29 is 19.5 Å². The van der Waals surface area contributed by atoms with Crippen LogP contribution in [-0.4, -0.2) is 47.3 Å². The second kappa shape index (κ2) is 5.37. The van der Waals surface area contributed by atoms with E-state index in [9.17, 15) is 9.59 Å². The Morgan fingerprint density at radius 3 is 2.67 bits per heavy atom. The van der Waals surface area contributed by atoms with Gasteiger partial charge < -0.3 is 14.8 Å². The van der Waals surface area contributed by atoms with E-state index in [4.69, 9.17) is 9.94 Å². The van der Waals surface area contributed by atoms with Gasteiger partial charge in [0.15, 0.2) is 5.71 Å². The molecule has 0 aromatic rings. The number of carbonyl (C=O) groups is 2. The van der Waals surface area contributed by atoms with Crippen molar-refractivity contribution in [1.82, 2.24) is 4.90 Å². The van der Waals surface area contributed by atoms with Gasteiger partial charge in [-0.2, -0.15) is 0 Å². The Labute approximate surface area is 106 Å². The first kappa shape index (κ1) is 12.9. The number of carboxylic acid groups (broad SMARTS) is 1. The molecular formula is C12H18N2O4. The Balaban J connectivity index is 1.82. The van der Waals surface area contributed by atoms with Gasteiger partial charge in [-0.05, 0) is 18.8 Å². The van der Waals surface area contributed by atoms with Crippen LogP contribution in [0.15, 0.2) is 5.16 Å². The smallest absolute Gasteiger partial charge is 0.353 e. The summed E-state index contributed by atoms with van der Waals surface area (Å²) >= 11 is 0. The first-order chi connectivity index (χ1) is 8.58. The Morgan fingerprint density at radius 1 is 1.44 bits per heavy atom. The van der Waals surface area contributed by atoms with Gasteiger partial charge in [-0.3, -0.25) is 4.79 Å². The molecule has 1 amide bonds. The molecule has 1 aliphatic carbocycles. The highest BCUT2D eigenvalue weighted by Gasteiger charge is 2.34. The van der Waals surface area contributed by atoms with E-state index in [1.165, 1.54) is 25.7 Å². The summed E-state index contributed by atoms with van der Waals surface area (Å²) < 4.78 is 0. The summed E-state index contributed by atoms with van der Waals surface area (Å²) in [6.45, 7) is 0.723. The molecule has 1 fully saturated rings. The summed E-state index contributed by atoms with van der Waals surface area (Å²) in [6, 6.07) is 0. The number of rotatable bonds is 4. The molecule has 1 atom stereocenters. The van der Waals surface area contributed by atoms with Crippen LogP contribution in [-0.2, 0) is 14.4 Å². The molecule has 6 heteroatoms. The minimum atomic E-state index is -1.12. The molecule has 0 aromatic carbocycles. The van der Waals surface area contributed by atoms with E-state index < -0.39 is 12.1 Å². The lowest BCUT2D eigenvalue weighted by atomic mass is 10.1. The number of nitrogens with zero attached hydrogens (tertiary/aromatic N) is 2. The number of hydrogen-bond donors (Lipinski definition) is 1. The second-order valence-electron chi connectivity index (χ2n) is 5.01. The molecule has 1 heterocycles. The summed E-state index contributed by atoms with van der Waals surface area (Å²) in [7, 11) is 1.74. The average molecular weight is 254 g/mol. The van der Waals surface area contributed by atoms with E-state index in [0.29, 0.717) is 5.92 Å². The van der Waals surface area contributed by atoms with E-state index in [2.05, 4.69) is 5.16 Å². The van der Waals surface area contributed by atoms with Crippen molar-refractivity contribution in [3.8, 4) is 0 Å². The maximum atomic E-state index is 12.0. The number of aliphatic carboxylic acids is 1. The van der Waals surface area contributed by atoms with Gasteiger partial charge in [0.05, 0.1) is 0 Å². The lowest BCUT2D eigenvalue weighted by Gasteiger charge is -2.22. The van der Waals surface area contributed by atoms with E-state index in [-0.39, 0.29) is 18.0 Å². The number of oxime groups is 1. The highest BCUT2D eigenvalue weighted by Crippen LogP contribution is 2.25. The number of carbonyl (C=O) groups excluding carboxylic acids is 1. The maximum absolute atomic E-state index is 12.0. The third kappa shape index (κ3) is 2.80. The molecule has 1 aliphatic heterocycles. The lowest BCUT2D eigenvalue weighted by molar-refractivity contribution is -0.141. The van der Waals surface area contributed by atoms with Crippen molar-refractivity contribution in [2.45, 2.75) is 38.2 Å². The molecule has 0 spiro atoms. The van der Waals surface area contributed by atoms with E-state index in [0.717, 1.165) is 6.54 Å². The zero-order valence-electron chi connectivity index (χ0n) is 10.5. The molecule has 100 valence electrons. The Kier molecular flexibility index (Phi) is 3.84. The third-order valence-electron chi connectivity index (χ3n) is 3.57. The quantitative estimate of drug-likeness (QED) is 0.807. The van der Waals surface area contributed by atoms with Crippen LogP contribution in [0.1, 0.15) is 32.1 Å². The minimum Gasteiger partial charge on any atom is -0.477 e. The summed E-state index contributed by atoms with van der Waals surface area (Å²) in [5.74, 6) is -0.731. The zero-order chi connectivity index (χ0) is 13.1. The largest absolute Gasteiger partial charge is 0.477 e. The van der Waals surface area contributed by atoms with Gasteiger partial charge in [0, 0.05) is 20.0 Å². The molecule has 1 saturated carbocycles. The fourth-order valence-corrected chi connectivity index (χ4v) is 2.55. The highest BCUT2D eigenvalue weighted by molar-refractivity contribution is 6.36. The van der Waals surface area contributed by atoms with E-state index >= 15 is 0 Å². The molecule has 2 rings (SSSR count). The van der Waals surface area contributed by atoms with Crippen molar-refractivity contribution in [2.24, 2.45) is 11.1 Å². The van der Waals surface area contributed by atoms with Gasteiger partial charge in [-0.25, -0.2) is 4.79 Å². The van der Waals surface area contributed by atoms with E-state index in [1.807, 2.05) is 0 Å². The molecule has 1 N–H and O–H groups in total. The summed E-state index contributed by atoms with van der Waals surface area (Å²) in [4.78, 5) is 29.2. The Bertz CT molecular complexity index is 374. The van der Waals surface area contributed by atoms with Crippen molar-refractivity contribution in [3.05, 3.63) is 0 Å². The fraction of sp³-hybridized carbons (Fsp3) is 0.750. The first-order valence-corrected chi connectivity index (χ1v) is 6.29. The van der Waals surface area contributed by atoms with Crippen molar-refractivity contribution in [2.75, 3.05) is 13.6 Å². The van der Waals surface area contributed by atoms with Crippen molar-refractivity contribution >= 4 is 17.6 Å². The van der Waals surface area contributed by atoms with Crippen LogP contribution >= 0.6 is 0 Å². The normalized spacial score (nSPS) is 23.6. The van der Waals surface area contributed by atoms with Gasteiger partial charge in [0.2, 0.25) is 6.10 Å². The minimum absolute atomic E-state index is 0.0587. The molecule has 1 unspecified atom stereocenters. The SMILES string of the molecule is CN(CC1CCCC1)C(=O)C1CC(C(=O)O)=NO1. The Hall–Kier alpha value is -1.59. The monoisotopic (exact) mass is 254 g/mol. The van der Waals surface area contributed by atoms with Gasteiger partial charge in [0.1, 0.15) is 0 Å². The zero-order valence-corrected chi connectivity index (χ0v) is 10.5. The highest BCUT2D eigenvalue weighted by atomic mass is 16.6. The van der Waals surface area contributed by atoms with Crippen LogP contribution in [0.4, 0.5) is 0 Å². The van der Waals surface area contributed by atoms with Crippen molar-refractivity contribution in [3.63, 3.8) is 0 Å². The predicted molar refractivity (Wildman–Crippen MR) is 64.2 cm³/mol. The fourth-order valence-electron chi connectivity index (χ4n) is 2.55. The Morgan fingerprint density at radius 2 is 2.11 bits per heavy atom. The summed E-state index contributed by atoms with van der Waals surface area (Å²) in [6.07, 6.45) is 4.10. The number of amides is 1.